The predicted octanol–water partition coefficient (Wildman–Crippen LogP) is 16.3. The Balaban J connectivity index is 1.13. The van der Waals surface area contributed by atoms with E-state index < -0.39 is 0 Å². The molecule has 0 unspecified atom stereocenters. The first-order valence-corrected chi connectivity index (χ1v) is 20.9. The minimum absolute atomic E-state index is 0.847. The molecule has 3 nitrogen and oxygen atoms in total. The highest BCUT2D eigenvalue weighted by Crippen LogP contribution is 2.49. The van der Waals surface area contributed by atoms with Gasteiger partial charge < -0.3 is 13.9 Å². The van der Waals surface area contributed by atoms with Gasteiger partial charge in [0.05, 0.1) is 27.8 Å². The molecule has 0 atom stereocenters. The maximum atomic E-state index is 6.82. The predicted molar refractivity (Wildman–Crippen MR) is 257 cm³/mol. The van der Waals surface area contributed by atoms with Crippen molar-refractivity contribution in [2.75, 3.05) is 4.90 Å². The Hall–Kier alpha value is -8.14. The highest BCUT2D eigenvalue weighted by molar-refractivity contribution is 6.26. The van der Waals surface area contributed by atoms with E-state index in [1.165, 1.54) is 49.4 Å². The van der Waals surface area contributed by atoms with Gasteiger partial charge in [0.2, 0.25) is 0 Å². The Morgan fingerprint density at radius 2 is 0.902 bits per heavy atom. The largest absolute Gasteiger partial charge is 0.456 e. The van der Waals surface area contributed by atoms with E-state index in [-0.39, 0.29) is 0 Å². The van der Waals surface area contributed by atoms with Crippen LogP contribution in [0.2, 0.25) is 0 Å². The van der Waals surface area contributed by atoms with Crippen LogP contribution in [0.4, 0.5) is 17.1 Å². The second-order valence-electron chi connectivity index (χ2n) is 15.6. The number of hydrogen-bond donors (Lipinski definition) is 0. The average molecular weight is 779 g/mol. The van der Waals surface area contributed by atoms with Gasteiger partial charge in [0.15, 0.2) is 0 Å². The van der Waals surface area contributed by atoms with E-state index in [2.05, 4.69) is 240 Å². The molecule has 10 aromatic carbocycles. The van der Waals surface area contributed by atoms with Crippen molar-refractivity contribution in [3.63, 3.8) is 0 Å². The van der Waals surface area contributed by atoms with E-state index in [1.54, 1.807) is 0 Å². The Kier molecular flexibility index (Phi) is 8.17. The van der Waals surface area contributed by atoms with Crippen LogP contribution in [0, 0.1) is 0 Å². The molecule has 0 bridgehead atoms. The molecule has 0 saturated heterocycles. The van der Waals surface area contributed by atoms with Crippen LogP contribution in [-0.2, 0) is 0 Å². The fourth-order valence-electron chi connectivity index (χ4n) is 9.53. The molecule has 0 radical (unpaired) electrons. The molecule has 286 valence electrons. The fourth-order valence-corrected chi connectivity index (χ4v) is 9.53. The Bertz CT molecular complexity index is 3570. The molecule has 0 aliphatic carbocycles. The standard InChI is InChI=1S/C58H38N2O/c1-4-17-39(18-5-1)40-33-35-43(36-34-40)59(51-29-12-10-23-44(51)41-19-6-2-7-20-41)53-31-16-32-54-57(53)56-48-26-14-25-45(46(48)37-38-55(56)61-54)49-27-15-28-50-47-24-11-13-30-52(47)60(58(49)50)42-21-8-3-9-22-42/h1-38H. The number of para-hydroxylation sites is 4. The Labute approximate surface area is 353 Å². The molecule has 0 amide bonds. The van der Waals surface area contributed by atoms with Gasteiger partial charge in [-0.15, -0.1) is 0 Å². The molecule has 2 heterocycles. The highest BCUT2D eigenvalue weighted by Gasteiger charge is 2.24. The molecule has 0 spiro atoms. The van der Waals surface area contributed by atoms with E-state index in [0.717, 1.165) is 61.2 Å². The molecule has 61 heavy (non-hydrogen) atoms. The van der Waals surface area contributed by atoms with Crippen LogP contribution >= 0.6 is 0 Å². The van der Waals surface area contributed by atoms with E-state index in [4.69, 9.17) is 4.42 Å². The number of rotatable bonds is 7. The third-order valence-corrected chi connectivity index (χ3v) is 12.2. The number of furan rings is 1. The van der Waals surface area contributed by atoms with Gasteiger partial charge in [0.1, 0.15) is 11.2 Å². The van der Waals surface area contributed by atoms with Crippen molar-refractivity contribution in [2.24, 2.45) is 0 Å². The van der Waals surface area contributed by atoms with E-state index in [9.17, 15) is 0 Å². The van der Waals surface area contributed by atoms with E-state index in [1.807, 2.05) is 0 Å². The smallest absolute Gasteiger partial charge is 0.137 e. The first kappa shape index (κ1) is 34.9. The second kappa shape index (κ2) is 14.3. The van der Waals surface area contributed by atoms with Crippen LogP contribution in [0.3, 0.4) is 0 Å². The van der Waals surface area contributed by atoms with Gasteiger partial charge >= 0.3 is 0 Å². The summed E-state index contributed by atoms with van der Waals surface area (Å²) in [5.41, 5.74) is 15.5. The van der Waals surface area contributed by atoms with Crippen LogP contribution in [0.15, 0.2) is 235 Å². The average Bonchev–Trinajstić information content (AvgIpc) is 3.90. The number of anilines is 3. The lowest BCUT2D eigenvalue weighted by atomic mass is 9.93. The van der Waals surface area contributed by atoms with Crippen LogP contribution in [0.1, 0.15) is 0 Å². The SMILES string of the molecule is c1ccc(-c2ccc(N(c3ccccc3-c3ccccc3)c3cccc4oc5ccc6c(-c7cccc8c9ccccc9n(-c9ccccc9)c78)cccc6c5c34)cc2)cc1. The number of aromatic nitrogens is 1. The Morgan fingerprint density at radius 1 is 0.328 bits per heavy atom. The zero-order valence-corrected chi connectivity index (χ0v) is 33.2. The third-order valence-electron chi connectivity index (χ3n) is 12.2. The van der Waals surface area contributed by atoms with Crippen molar-refractivity contribution < 1.29 is 4.42 Å². The summed E-state index contributed by atoms with van der Waals surface area (Å²) in [5.74, 6) is 0. The Morgan fingerprint density at radius 3 is 1.70 bits per heavy atom. The summed E-state index contributed by atoms with van der Waals surface area (Å²) in [7, 11) is 0. The number of fused-ring (bicyclic) bond motifs is 8. The summed E-state index contributed by atoms with van der Waals surface area (Å²) in [6.07, 6.45) is 0. The lowest BCUT2D eigenvalue weighted by Crippen LogP contribution is -2.11. The monoisotopic (exact) mass is 778 g/mol. The van der Waals surface area contributed by atoms with Crippen molar-refractivity contribution in [1.82, 2.24) is 4.57 Å². The van der Waals surface area contributed by atoms with Crippen molar-refractivity contribution in [2.45, 2.75) is 0 Å². The zero-order chi connectivity index (χ0) is 40.3. The van der Waals surface area contributed by atoms with Crippen molar-refractivity contribution >= 4 is 71.6 Å². The molecular weight excluding hydrogens is 741 g/mol. The van der Waals surface area contributed by atoms with Gasteiger partial charge in [0.25, 0.3) is 0 Å². The van der Waals surface area contributed by atoms with Crippen molar-refractivity contribution in [1.29, 1.82) is 0 Å². The van der Waals surface area contributed by atoms with E-state index >= 15 is 0 Å². The summed E-state index contributed by atoms with van der Waals surface area (Å²) in [6, 6.07) is 82.7. The molecule has 0 aliphatic heterocycles. The van der Waals surface area contributed by atoms with Crippen molar-refractivity contribution in [3.8, 4) is 39.1 Å². The summed E-state index contributed by atoms with van der Waals surface area (Å²) in [5, 5.41) is 6.97. The second-order valence-corrected chi connectivity index (χ2v) is 15.6. The molecule has 0 saturated carbocycles. The van der Waals surface area contributed by atoms with Crippen LogP contribution in [-0.4, -0.2) is 4.57 Å². The van der Waals surface area contributed by atoms with Crippen LogP contribution in [0.25, 0.3) is 93.6 Å². The molecule has 12 rings (SSSR count). The van der Waals surface area contributed by atoms with Gasteiger partial charge in [-0.1, -0.05) is 176 Å². The first-order chi connectivity index (χ1) is 30.3. The normalized spacial score (nSPS) is 11.6. The van der Waals surface area contributed by atoms with E-state index in [0.29, 0.717) is 0 Å². The summed E-state index contributed by atoms with van der Waals surface area (Å²) in [6.45, 7) is 0. The van der Waals surface area contributed by atoms with Crippen molar-refractivity contribution in [3.05, 3.63) is 231 Å². The summed E-state index contributed by atoms with van der Waals surface area (Å²) in [4.78, 5) is 2.41. The lowest BCUT2D eigenvalue weighted by Gasteiger charge is -2.28. The molecule has 3 heteroatoms. The minimum Gasteiger partial charge on any atom is -0.456 e. The maximum Gasteiger partial charge on any atom is 0.137 e. The molecule has 2 aromatic heterocycles. The molecule has 0 fully saturated rings. The third kappa shape index (κ3) is 5.66. The molecule has 0 aliphatic rings. The van der Waals surface area contributed by atoms with Gasteiger partial charge in [-0.3, -0.25) is 0 Å². The number of nitrogens with zero attached hydrogens (tertiary/aromatic N) is 2. The highest BCUT2D eigenvalue weighted by atomic mass is 16.3. The maximum absolute atomic E-state index is 6.82. The lowest BCUT2D eigenvalue weighted by molar-refractivity contribution is 0.669. The van der Waals surface area contributed by atoms with Crippen LogP contribution in [0.5, 0.6) is 0 Å². The number of hydrogen-bond acceptors (Lipinski definition) is 2. The first-order valence-electron chi connectivity index (χ1n) is 20.9. The van der Waals surface area contributed by atoms with Gasteiger partial charge in [-0.25, -0.2) is 0 Å². The molecular formula is C58H38N2O. The van der Waals surface area contributed by atoms with Gasteiger partial charge in [-0.2, -0.15) is 0 Å². The van der Waals surface area contributed by atoms with Gasteiger partial charge in [-0.05, 0) is 87.6 Å². The topological polar surface area (TPSA) is 21.3 Å². The number of benzene rings is 10. The minimum atomic E-state index is 0.847. The zero-order valence-electron chi connectivity index (χ0n) is 33.2. The molecule has 12 aromatic rings. The van der Waals surface area contributed by atoms with Crippen LogP contribution < -0.4 is 4.90 Å². The quantitative estimate of drug-likeness (QED) is 0.161. The summed E-state index contributed by atoms with van der Waals surface area (Å²) < 4.78 is 9.24. The fraction of sp³-hybridized carbons (Fsp3) is 0. The summed E-state index contributed by atoms with van der Waals surface area (Å²) >= 11 is 0. The van der Waals surface area contributed by atoms with Gasteiger partial charge in [0, 0.05) is 38.7 Å². The molecule has 0 N–H and O–H groups in total.